The molecule has 2 aliphatic heterocycles. The standard InChI is InChI=1S/C17H21N3O2.C13H19NO2.C4H3BrN2/c1-17(22-16-13-18-8-9-19-16)7-10-20(14-17)11-12-21-15-5-3-2-4-6-15;1-13(15)7-8-14(11-13)9-10-16-12-5-3-2-4-6-12;5-4-3-6-1-2-7-4/h2-6,8-9,13H,7,10-12,14H2,1H3;2-6,15H,7-11H2,1H3;1-3H. The fraction of sp³-hybridized carbons (Fsp3) is 0.412. The lowest BCUT2D eigenvalue weighted by molar-refractivity contribution is 0.0670. The van der Waals surface area contributed by atoms with Crippen LogP contribution in [0.25, 0.3) is 0 Å². The zero-order chi connectivity index (χ0) is 31.8. The maximum absolute atomic E-state index is 9.80. The van der Waals surface area contributed by atoms with Crippen LogP contribution in [0.3, 0.4) is 0 Å². The summed E-state index contributed by atoms with van der Waals surface area (Å²) in [7, 11) is 0. The number of ether oxygens (including phenoxy) is 3. The Morgan fingerprint density at radius 3 is 1.76 bits per heavy atom. The maximum atomic E-state index is 9.80. The number of aliphatic hydroxyl groups is 1. The van der Waals surface area contributed by atoms with E-state index >= 15 is 0 Å². The molecule has 0 spiro atoms. The molecule has 0 radical (unpaired) electrons. The molecule has 2 aromatic heterocycles. The first kappa shape index (κ1) is 34.2. The van der Waals surface area contributed by atoms with Gasteiger partial charge in [-0.25, -0.2) is 9.97 Å². The lowest BCUT2D eigenvalue weighted by Gasteiger charge is -2.25. The minimum atomic E-state index is -0.507. The summed E-state index contributed by atoms with van der Waals surface area (Å²) in [4.78, 5) is 20.4. The van der Waals surface area contributed by atoms with E-state index in [0.717, 1.165) is 68.2 Å². The van der Waals surface area contributed by atoms with Gasteiger partial charge in [-0.1, -0.05) is 36.4 Å². The van der Waals surface area contributed by atoms with E-state index in [1.165, 1.54) is 0 Å². The molecule has 0 aliphatic carbocycles. The summed E-state index contributed by atoms with van der Waals surface area (Å²) in [5.74, 6) is 2.42. The number of benzene rings is 2. The van der Waals surface area contributed by atoms with Gasteiger partial charge in [0.15, 0.2) is 0 Å². The van der Waals surface area contributed by atoms with Gasteiger partial charge in [-0.05, 0) is 60.5 Å². The van der Waals surface area contributed by atoms with Crippen molar-refractivity contribution in [3.63, 3.8) is 0 Å². The topological polar surface area (TPSA) is 106 Å². The van der Waals surface area contributed by atoms with Gasteiger partial charge in [0.2, 0.25) is 5.88 Å². The van der Waals surface area contributed by atoms with Crippen LogP contribution < -0.4 is 14.2 Å². The predicted octanol–water partition coefficient (Wildman–Crippen LogP) is 5.16. The molecule has 2 aliphatic rings. The summed E-state index contributed by atoms with van der Waals surface area (Å²) < 4.78 is 18.1. The SMILES string of the molecule is Brc1cnccn1.CC1(O)CCN(CCOc2ccccc2)C1.CC1(Oc2cnccn2)CCN(CCOc2ccccc2)C1. The fourth-order valence-corrected chi connectivity index (χ4v) is 5.26. The van der Waals surface area contributed by atoms with Crippen molar-refractivity contribution in [3.05, 3.63) is 102 Å². The van der Waals surface area contributed by atoms with Crippen molar-refractivity contribution in [2.45, 2.75) is 37.9 Å². The van der Waals surface area contributed by atoms with E-state index in [-0.39, 0.29) is 5.60 Å². The Bertz CT molecular complexity index is 1360. The first-order valence-electron chi connectivity index (χ1n) is 15.2. The van der Waals surface area contributed by atoms with Gasteiger partial charge >= 0.3 is 0 Å². The highest BCUT2D eigenvalue weighted by molar-refractivity contribution is 9.10. The molecule has 0 saturated carbocycles. The van der Waals surface area contributed by atoms with E-state index in [1.54, 1.807) is 37.2 Å². The molecular weight excluding hydrogens is 636 g/mol. The average molecular weight is 680 g/mol. The molecule has 45 heavy (non-hydrogen) atoms. The minimum absolute atomic E-state index is 0.206. The Balaban J connectivity index is 0.000000174. The third kappa shape index (κ3) is 13.1. The van der Waals surface area contributed by atoms with E-state index < -0.39 is 5.60 Å². The number of likely N-dealkylation sites (tertiary alicyclic amines) is 2. The molecule has 2 atom stereocenters. The molecule has 6 rings (SSSR count). The second-order valence-electron chi connectivity index (χ2n) is 11.5. The van der Waals surface area contributed by atoms with E-state index in [1.807, 2.05) is 67.6 Å². The molecule has 2 unspecified atom stereocenters. The zero-order valence-electron chi connectivity index (χ0n) is 26.0. The normalized spacial score (nSPS) is 21.2. The second kappa shape index (κ2) is 17.7. The van der Waals surface area contributed by atoms with Crippen molar-refractivity contribution in [1.29, 1.82) is 0 Å². The molecule has 2 saturated heterocycles. The summed E-state index contributed by atoms with van der Waals surface area (Å²) in [6, 6.07) is 19.7. The van der Waals surface area contributed by atoms with Gasteiger partial charge in [0.1, 0.15) is 34.9 Å². The predicted molar refractivity (Wildman–Crippen MR) is 177 cm³/mol. The molecule has 2 aromatic carbocycles. The molecule has 240 valence electrons. The van der Waals surface area contributed by atoms with Gasteiger partial charge in [-0.2, -0.15) is 0 Å². The van der Waals surface area contributed by atoms with Crippen molar-refractivity contribution < 1.29 is 19.3 Å². The number of nitrogens with zero attached hydrogens (tertiary/aromatic N) is 6. The molecule has 2 fully saturated rings. The van der Waals surface area contributed by atoms with Crippen LogP contribution in [0.5, 0.6) is 17.4 Å². The van der Waals surface area contributed by atoms with Crippen LogP contribution >= 0.6 is 15.9 Å². The number of halogens is 1. The van der Waals surface area contributed by atoms with Crippen LogP contribution in [-0.2, 0) is 0 Å². The Hall–Kier alpha value is -3.64. The minimum Gasteiger partial charge on any atom is -0.492 e. The van der Waals surface area contributed by atoms with Crippen LogP contribution in [0, 0.1) is 0 Å². The van der Waals surface area contributed by atoms with Gasteiger partial charge in [0.25, 0.3) is 0 Å². The zero-order valence-corrected chi connectivity index (χ0v) is 27.6. The Kier molecular flexibility index (Phi) is 13.5. The highest BCUT2D eigenvalue weighted by Crippen LogP contribution is 2.26. The molecule has 0 bridgehead atoms. The van der Waals surface area contributed by atoms with Crippen LogP contribution in [0.15, 0.2) is 102 Å². The van der Waals surface area contributed by atoms with Gasteiger partial charge in [0.05, 0.1) is 18.0 Å². The largest absolute Gasteiger partial charge is 0.492 e. The van der Waals surface area contributed by atoms with Crippen LogP contribution in [0.1, 0.15) is 26.7 Å². The first-order valence-corrected chi connectivity index (χ1v) is 16.0. The molecule has 11 heteroatoms. The second-order valence-corrected chi connectivity index (χ2v) is 12.3. The summed E-state index contributed by atoms with van der Waals surface area (Å²) in [6.45, 7) is 10.8. The first-order chi connectivity index (χ1) is 21.8. The Morgan fingerprint density at radius 2 is 1.29 bits per heavy atom. The average Bonchev–Trinajstić information content (AvgIpc) is 3.60. The van der Waals surface area contributed by atoms with Crippen LogP contribution in [0.4, 0.5) is 0 Å². The van der Waals surface area contributed by atoms with Gasteiger partial charge in [-0.15, -0.1) is 0 Å². The monoisotopic (exact) mass is 678 g/mol. The van der Waals surface area contributed by atoms with Crippen molar-refractivity contribution in [2.24, 2.45) is 0 Å². The van der Waals surface area contributed by atoms with Gasteiger partial charge in [0, 0.05) is 70.5 Å². The molecular formula is C34H43BrN6O4. The summed E-state index contributed by atoms with van der Waals surface area (Å²) in [5, 5.41) is 9.80. The van der Waals surface area contributed by atoms with Crippen molar-refractivity contribution in [1.82, 2.24) is 29.7 Å². The van der Waals surface area contributed by atoms with Crippen LogP contribution in [0.2, 0.25) is 0 Å². The molecule has 10 nitrogen and oxygen atoms in total. The highest BCUT2D eigenvalue weighted by Gasteiger charge is 2.36. The van der Waals surface area contributed by atoms with Crippen LogP contribution in [-0.4, -0.2) is 98.5 Å². The van der Waals surface area contributed by atoms with Crippen molar-refractivity contribution in [2.75, 3.05) is 52.5 Å². The summed E-state index contributed by atoms with van der Waals surface area (Å²) in [5.41, 5.74) is -0.713. The van der Waals surface area contributed by atoms with Crippen molar-refractivity contribution in [3.8, 4) is 17.4 Å². The number of hydrogen-bond acceptors (Lipinski definition) is 10. The van der Waals surface area contributed by atoms with E-state index in [4.69, 9.17) is 14.2 Å². The Morgan fingerprint density at radius 1 is 0.733 bits per heavy atom. The van der Waals surface area contributed by atoms with E-state index in [0.29, 0.717) is 19.1 Å². The number of β-amino-alcohol motifs (C(OH)–C–C–N with tert-alkyl or cyclic N) is 1. The number of para-hydroxylation sites is 2. The third-order valence-electron chi connectivity index (χ3n) is 7.31. The van der Waals surface area contributed by atoms with Gasteiger partial charge in [-0.3, -0.25) is 19.8 Å². The number of rotatable bonds is 10. The number of hydrogen-bond donors (Lipinski definition) is 1. The van der Waals surface area contributed by atoms with Crippen molar-refractivity contribution >= 4 is 15.9 Å². The molecule has 1 N–H and O–H groups in total. The van der Waals surface area contributed by atoms with E-state index in [9.17, 15) is 5.11 Å². The smallest absolute Gasteiger partial charge is 0.232 e. The molecule has 4 aromatic rings. The third-order valence-corrected chi connectivity index (χ3v) is 7.72. The lowest BCUT2D eigenvalue weighted by atomic mass is 10.1. The highest BCUT2D eigenvalue weighted by atomic mass is 79.9. The molecule has 0 amide bonds. The Labute approximate surface area is 274 Å². The van der Waals surface area contributed by atoms with E-state index in [2.05, 4.69) is 52.6 Å². The maximum Gasteiger partial charge on any atom is 0.232 e. The molecule has 4 heterocycles. The summed E-state index contributed by atoms with van der Waals surface area (Å²) in [6.07, 6.45) is 11.7. The summed E-state index contributed by atoms with van der Waals surface area (Å²) >= 11 is 3.14. The quantitative estimate of drug-likeness (QED) is 0.242. The lowest BCUT2D eigenvalue weighted by Crippen LogP contribution is -2.37. The van der Waals surface area contributed by atoms with Gasteiger partial charge < -0.3 is 19.3 Å². The number of aromatic nitrogens is 4. The fourth-order valence-electron chi connectivity index (χ4n) is 5.02.